The third kappa shape index (κ3) is 4.58. The lowest BCUT2D eigenvalue weighted by Gasteiger charge is -2.26. The minimum atomic E-state index is -5.95. The molecule has 0 fully saturated rings. The van der Waals surface area contributed by atoms with Gasteiger partial charge < -0.3 is 9.47 Å². The maximum atomic E-state index is 12.7. The third-order valence-corrected chi connectivity index (χ3v) is 1.54. The Morgan fingerprint density at radius 2 is 1.35 bits per heavy atom. The van der Waals surface area contributed by atoms with Crippen LogP contribution in [0.15, 0.2) is 24.5 Å². The van der Waals surface area contributed by atoms with E-state index < -0.39 is 42.7 Å². The monoisotopic (exact) mass is 322 g/mol. The van der Waals surface area contributed by atoms with Crippen LogP contribution >= 0.6 is 0 Å². The van der Waals surface area contributed by atoms with Crippen LogP contribution in [0, 0.1) is 0 Å². The minimum Gasteiger partial charge on any atom is -0.398 e. The number of ether oxygens (including phenoxy) is 2. The van der Waals surface area contributed by atoms with Gasteiger partial charge in [-0.05, 0) is 0 Å². The van der Waals surface area contributed by atoms with Crippen LogP contribution in [0.1, 0.15) is 0 Å². The van der Waals surface area contributed by atoms with E-state index in [4.69, 9.17) is 0 Å². The maximum absolute atomic E-state index is 12.7. The fraction of sp³-hybridized carbons (Fsp3) is 0.500. The molecule has 0 saturated carbocycles. The highest BCUT2D eigenvalue weighted by atomic mass is 19.3. The van der Waals surface area contributed by atoms with Crippen LogP contribution in [-0.4, -0.2) is 24.7 Å². The predicted octanol–water partition coefficient (Wildman–Crippen LogP) is 4.36. The van der Waals surface area contributed by atoms with E-state index in [0.717, 1.165) is 0 Å². The first kappa shape index (κ1) is 18.5. The van der Waals surface area contributed by atoms with Crippen molar-refractivity contribution >= 4 is 0 Å². The van der Waals surface area contributed by atoms with Crippen LogP contribution in [-0.2, 0) is 9.47 Å². The second-order valence-corrected chi connectivity index (χ2v) is 3.07. The Bertz CT molecular complexity index is 398. The molecule has 0 saturated heterocycles. The van der Waals surface area contributed by atoms with Gasteiger partial charge >= 0.3 is 30.2 Å². The van der Waals surface area contributed by atoms with Crippen molar-refractivity contribution in [1.29, 1.82) is 0 Å². The molecule has 0 aromatic heterocycles. The van der Waals surface area contributed by atoms with Crippen molar-refractivity contribution in [2.75, 3.05) is 6.61 Å². The van der Waals surface area contributed by atoms with E-state index in [0.29, 0.717) is 0 Å². The van der Waals surface area contributed by atoms with Crippen molar-refractivity contribution in [3.8, 4) is 0 Å². The highest BCUT2D eigenvalue weighted by molar-refractivity contribution is 4.92. The van der Waals surface area contributed by atoms with E-state index in [1.54, 1.807) is 0 Å². The Hall–Kier alpha value is -1.46. The van der Waals surface area contributed by atoms with Gasteiger partial charge in [0.15, 0.2) is 5.83 Å². The Balaban J connectivity index is 4.95. The zero-order chi connectivity index (χ0) is 16.4. The average molecular weight is 322 g/mol. The Labute approximate surface area is 104 Å². The van der Waals surface area contributed by atoms with Gasteiger partial charge in [0.05, 0.1) is 0 Å². The first-order valence-corrected chi connectivity index (χ1v) is 4.25. The molecule has 0 aromatic carbocycles. The fourth-order valence-corrected chi connectivity index (χ4v) is 0.569. The lowest BCUT2D eigenvalue weighted by Crippen LogP contribution is -2.47. The van der Waals surface area contributed by atoms with Crippen molar-refractivity contribution < 1.29 is 53.4 Å². The summed E-state index contributed by atoms with van der Waals surface area (Å²) in [5, 5.41) is 0. The third-order valence-electron chi connectivity index (χ3n) is 1.54. The normalized spacial score (nSPS) is 13.1. The van der Waals surface area contributed by atoms with Gasteiger partial charge in [-0.15, -0.1) is 0 Å². The quantitative estimate of drug-likeness (QED) is 0.512. The average Bonchev–Trinajstić information content (AvgIpc) is 2.25. The van der Waals surface area contributed by atoms with Crippen LogP contribution in [0.2, 0.25) is 0 Å². The molecule has 0 unspecified atom stereocenters. The maximum Gasteiger partial charge on any atom is 0.468 e. The molecule has 0 rings (SSSR count). The number of rotatable bonds is 7. The van der Waals surface area contributed by atoms with E-state index in [9.17, 15) is 43.9 Å². The van der Waals surface area contributed by atoms with Crippen molar-refractivity contribution in [1.82, 2.24) is 0 Å². The van der Waals surface area contributed by atoms with Gasteiger partial charge in [0.2, 0.25) is 0 Å². The van der Waals surface area contributed by atoms with Crippen molar-refractivity contribution in [3.05, 3.63) is 24.5 Å². The molecule has 0 aliphatic heterocycles. The smallest absolute Gasteiger partial charge is 0.398 e. The second kappa shape index (κ2) is 5.89. The largest absolute Gasteiger partial charge is 0.468 e. The summed E-state index contributed by atoms with van der Waals surface area (Å²) in [6.07, 6.45) is -14.5. The van der Waals surface area contributed by atoms with Crippen LogP contribution < -0.4 is 0 Å². The molecule has 0 aliphatic rings. The van der Waals surface area contributed by atoms with Crippen molar-refractivity contribution in [2.45, 2.75) is 18.1 Å². The number of hydrogen-bond donors (Lipinski definition) is 0. The molecule has 0 amide bonds. The molecule has 20 heavy (non-hydrogen) atoms. The summed E-state index contributed by atoms with van der Waals surface area (Å²) in [6, 6.07) is -3.34. The van der Waals surface area contributed by atoms with Gasteiger partial charge in [-0.2, -0.15) is 39.5 Å². The summed E-state index contributed by atoms with van der Waals surface area (Å²) in [5.74, 6) is -8.24. The molecule has 0 radical (unpaired) electrons. The van der Waals surface area contributed by atoms with E-state index in [-0.39, 0.29) is 0 Å². The minimum absolute atomic E-state index is 1.99. The van der Waals surface area contributed by atoms with Gasteiger partial charge in [0.1, 0.15) is 6.61 Å². The first-order valence-electron chi connectivity index (χ1n) is 4.25. The summed E-state index contributed by atoms with van der Waals surface area (Å²) in [7, 11) is 0. The Morgan fingerprint density at radius 3 is 1.70 bits per heavy atom. The molecule has 0 atom stereocenters. The fourth-order valence-electron chi connectivity index (χ4n) is 0.569. The van der Waals surface area contributed by atoms with Crippen LogP contribution in [0.25, 0.3) is 0 Å². The molecule has 118 valence electrons. The van der Waals surface area contributed by atoms with E-state index in [2.05, 4.69) is 9.47 Å². The number of halogens is 10. The highest BCUT2D eigenvalue weighted by Gasteiger charge is 2.61. The zero-order valence-electron chi connectivity index (χ0n) is 9.01. The zero-order valence-corrected chi connectivity index (χ0v) is 9.01. The lowest BCUT2D eigenvalue weighted by atomic mass is 10.3. The van der Waals surface area contributed by atoms with Crippen LogP contribution in [0.4, 0.5) is 43.9 Å². The first-order chi connectivity index (χ1) is 8.73. The molecule has 2 nitrogen and oxygen atoms in total. The molecule has 0 aromatic rings. The summed E-state index contributed by atoms with van der Waals surface area (Å²) in [5.41, 5.74) is 0. The van der Waals surface area contributed by atoms with Gasteiger partial charge in [0.25, 0.3) is 0 Å². The standard InChI is InChI=1S/C8H4F10O2/c1-3(9)7(15,16)19-2-6(13,14)8(17,18)20-5(12)4(10)11/h1-2H2. The summed E-state index contributed by atoms with van der Waals surface area (Å²) >= 11 is 0. The predicted molar refractivity (Wildman–Crippen MR) is 42.5 cm³/mol. The molecule has 0 bridgehead atoms. The van der Waals surface area contributed by atoms with Crippen LogP contribution in [0.3, 0.4) is 0 Å². The topological polar surface area (TPSA) is 18.5 Å². The molecule has 0 spiro atoms. The Kier molecular flexibility index (Phi) is 5.46. The molecule has 0 aliphatic carbocycles. The molecule has 0 heterocycles. The van der Waals surface area contributed by atoms with Crippen molar-refractivity contribution in [2.24, 2.45) is 0 Å². The Morgan fingerprint density at radius 1 is 0.900 bits per heavy atom. The molecular weight excluding hydrogens is 318 g/mol. The SMILES string of the molecule is C=C(F)C(F)(F)OCC(F)(F)C(F)(F)OC(F)=C(F)F. The van der Waals surface area contributed by atoms with Gasteiger partial charge in [-0.25, -0.2) is 4.39 Å². The summed E-state index contributed by atoms with van der Waals surface area (Å²) < 4.78 is 127. The number of hydrogen-bond acceptors (Lipinski definition) is 2. The second-order valence-electron chi connectivity index (χ2n) is 3.07. The van der Waals surface area contributed by atoms with Crippen LogP contribution in [0.5, 0.6) is 0 Å². The number of alkyl halides is 6. The summed E-state index contributed by atoms with van der Waals surface area (Å²) in [6.45, 7) is -0.875. The molecular formula is C8H4F10O2. The van der Waals surface area contributed by atoms with Gasteiger partial charge in [-0.1, -0.05) is 6.58 Å². The highest BCUT2D eigenvalue weighted by Crippen LogP contribution is 2.39. The van der Waals surface area contributed by atoms with E-state index in [1.165, 1.54) is 0 Å². The van der Waals surface area contributed by atoms with E-state index in [1.807, 2.05) is 6.58 Å². The van der Waals surface area contributed by atoms with Gasteiger partial charge in [0, 0.05) is 0 Å². The van der Waals surface area contributed by atoms with Crippen molar-refractivity contribution in [3.63, 3.8) is 0 Å². The van der Waals surface area contributed by atoms with E-state index >= 15 is 0 Å². The van der Waals surface area contributed by atoms with Gasteiger partial charge in [-0.3, -0.25) is 0 Å². The lowest BCUT2D eigenvalue weighted by molar-refractivity contribution is -0.365. The summed E-state index contributed by atoms with van der Waals surface area (Å²) in [4.78, 5) is 0. The molecule has 0 N–H and O–H groups in total. The molecule has 12 heteroatoms.